The minimum absolute atomic E-state index is 0.285. The van der Waals surface area contributed by atoms with E-state index in [9.17, 15) is 4.79 Å². The van der Waals surface area contributed by atoms with Crippen molar-refractivity contribution in [1.82, 2.24) is 5.43 Å². The molecule has 24 heavy (non-hydrogen) atoms. The van der Waals surface area contributed by atoms with Gasteiger partial charge in [-0.25, -0.2) is 5.43 Å². The number of halogens is 1. The fourth-order valence-electron chi connectivity index (χ4n) is 1.92. The molecule has 1 amide bonds. The predicted octanol–water partition coefficient (Wildman–Crippen LogP) is 4.53. The van der Waals surface area contributed by atoms with Crippen LogP contribution < -0.4 is 10.2 Å². The number of amides is 1. The first-order valence-electron chi connectivity index (χ1n) is 7.87. The molecule has 0 spiro atoms. The molecule has 0 unspecified atom stereocenters. The Balaban J connectivity index is 1.87. The number of nitrogens with zero attached hydrogens (tertiary/aromatic N) is 1. The molecule has 0 atom stereocenters. The number of hydrogen-bond donors (Lipinski definition) is 1. The molecule has 0 aliphatic rings. The summed E-state index contributed by atoms with van der Waals surface area (Å²) in [6.07, 6.45) is 2.52. The molecule has 0 saturated carbocycles. The molecule has 126 valence electrons. The maximum absolute atomic E-state index is 12.0. The average molecular weight is 345 g/mol. The molecule has 5 heteroatoms. The maximum atomic E-state index is 12.0. The minimum atomic E-state index is -0.285. The van der Waals surface area contributed by atoms with Crippen LogP contribution in [0.25, 0.3) is 0 Å². The highest BCUT2D eigenvalue weighted by Gasteiger charge is 2.05. The zero-order chi connectivity index (χ0) is 17.4. The molecule has 0 radical (unpaired) electrons. The molecular formula is C19H21ClN2O2. The second kappa shape index (κ2) is 9.08. The Morgan fingerprint density at radius 2 is 1.92 bits per heavy atom. The third-order valence-corrected chi connectivity index (χ3v) is 3.70. The van der Waals surface area contributed by atoms with E-state index in [0.717, 1.165) is 17.7 Å². The van der Waals surface area contributed by atoms with E-state index in [1.807, 2.05) is 18.2 Å². The number of hydrogen-bond acceptors (Lipinski definition) is 3. The normalized spacial score (nSPS) is 11.0. The van der Waals surface area contributed by atoms with Gasteiger partial charge < -0.3 is 4.74 Å². The molecule has 0 fully saturated rings. The Morgan fingerprint density at radius 3 is 2.58 bits per heavy atom. The zero-order valence-electron chi connectivity index (χ0n) is 13.8. The quantitative estimate of drug-likeness (QED) is 0.592. The van der Waals surface area contributed by atoms with Crippen LogP contribution in [0.3, 0.4) is 0 Å². The van der Waals surface area contributed by atoms with Crippen molar-refractivity contribution in [1.29, 1.82) is 0 Å². The standard InChI is InChI=1S/C19H21ClN2O2/c1-14(2)11-12-24-17-9-7-15(8-10-17)19(23)22-21-13-16-5-3-4-6-18(16)20/h3-10,13-14H,11-12H2,1-2H3,(H,22,23)/b21-13+. The summed E-state index contributed by atoms with van der Waals surface area (Å²) in [4.78, 5) is 12.0. The summed E-state index contributed by atoms with van der Waals surface area (Å²) in [5.41, 5.74) is 3.74. The van der Waals surface area contributed by atoms with Gasteiger partial charge in [-0.3, -0.25) is 4.79 Å². The van der Waals surface area contributed by atoms with Gasteiger partial charge in [0.15, 0.2) is 0 Å². The van der Waals surface area contributed by atoms with Crippen molar-refractivity contribution in [3.8, 4) is 5.75 Å². The molecule has 0 saturated heterocycles. The molecule has 0 aliphatic carbocycles. The van der Waals surface area contributed by atoms with Crippen LogP contribution in [0.15, 0.2) is 53.6 Å². The Kier molecular flexibility index (Phi) is 6.82. The lowest BCUT2D eigenvalue weighted by molar-refractivity contribution is 0.0955. The largest absolute Gasteiger partial charge is 0.494 e. The van der Waals surface area contributed by atoms with Gasteiger partial charge in [-0.05, 0) is 42.7 Å². The Morgan fingerprint density at radius 1 is 1.21 bits per heavy atom. The lowest BCUT2D eigenvalue weighted by atomic mass is 10.1. The molecule has 2 rings (SSSR count). The summed E-state index contributed by atoms with van der Waals surface area (Å²) in [7, 11) is 0. The van der Waals surface area contributed by atoms with E-state index >= 15 is 0 Å². The summed E-state index contributed by atoms with van der Waals surface area (Å²) in [5.74, 6) is 1.07. The van der Waals surface area contributed by atoms with Gasteiger partial charge in [-0.1, -0.05) is 43.6 Å². The first-order chi connectivity index (χ1) is 11.6. The third-order valence-electron chi connectivity index (χ3n) is 3.36. The lowest BCUT2D eigenvalue weighted by Gasteiger charge is -2.08. The Bertz CT molecular complexity index is 697. The molecule has 4 nitrogen and oxygen atoms in total. The van der Waals surface area contributed by atoms with Gasteiger partial charge in [0.1, 0.15) is 5.75 Å². The molecule has 0 aliphatic heterocycles. The van der Waals surface area contributed by atoms with Crippen LogP contribution in [0.2, 0.25) is 5.02 Å². The van der Waals surface area contributed by atoms with Crippen molar-refractivity contribution in [2.24, 2.45) is 11.0 Å². The number of benzene rings is 2. The van der Waals surface area contributed by atoms with Gasteiger partial charge in [-0.2, -0.15) is 5.10 Å². The van der Waals surface area contributed by atoms with Crippen LogP contribution in [-0.4, -0.2) is 18.7 Å². The fourth-order valence-corrected chi connectivity index (χ4v) is 2.10. The first-order valence-corrected chi connectivity index (χ1v) is 8.25. The SMILES string of the molecule is CC(C)CCOc1ccc(C(=O)N/N=C/c2ccccc2Cl)cc1. The van der Waals surface area contributed by atoms with Crippen molar-refractivity contribution in [2.45, 2.75) is 20.3 Å². The van der Waals surface area contributed by atoms with E-state index in [2.05, 4.69) is 24.4 Å². The monoisotopic (exact) mass is 344 g/mol. The van der Waals surface area contributed by atoms with Gasteiger partial charge in [0, 0.05) is 16.1 Å². The number of hydrazone groups is 1. The zero-order valence-corrected chi connectivity index (χ0v) is 14.6. The molecule has 0 aromatic heterocycles. The van der Waals surface area contributed by atoms with Crippen molar-refractivity contribution < 1.29 is 9.53 Å². The van der Waals surface area contributed by atoms with Crippen LogP contribution in [0.5, 0.6) is 5.75 Å². The lowest BCUT2D eigenvalue weighted by Crippen LogP contribution is -2.17. The summed E-state index contributed by atoms with van der Waals surface area (Å²) in [5, 5.41) is 4.51. The summed E-state index contributed by atoms with van der Waals surface area (Å²) >= 11 is 6.02. The summed E-state index contributed by atoms with van der Waals surface area (Å²) < 4.78 is 5.63. The predicted molar refractivity (Wildman–Crippen MR) is 97.9 cm³/mol. The fraction of sp³-hybridized carbons (Fsp3) is 0.263. The number of ether oxygens (including phenoxy) is 1. The van der Waals surface area contributed by atoms with Crippen molar-refractivity contribution in [2.75, 3.05) is 6.61 Å². The topological polar surface area (TPSA) is 50.7 Å². The van der Waals surface area contributed by atoms with Crippen LogP contribution in [0.4, 0.5) is 0 Å². The molecular weight excluding hydrogens is 324 g/mol. The van der Waals surface area contributed by atoms with Gasteiger partial charge >= 0.3 is 0 Å². The van der Waals surface area contributed by atoms with E-state index in [-0.39, 0.29) is 5.91 Å². The highest BCUT2D eigenvalue weighted by molar-refractivity contribution is 6.33. The molecule has 1 N–H and O–H groups in total. The Labute approximate surface area is 147 Å². The van der Waals surface area contributed by atoms with Crippen LogP contribution in [-0.2, 0) is 0 Å². The van der Waals surface area contributed by atoms with E-state index in [0.29, 0.717) is 23.1 Å². The van der Waals surface area contributed by atoms with E-state index < -0.39 is 0 Å². The van der Waals surface area contributed by atoms with Crippen molar-refractivity contribution in [3.05, 3.63) is 64.7 Å². The summed E-state index contributed by atoms with van der Waals surface area (Å²) in [6, 6.07) is 14.3. The number of nitrogens with one attached hydrogen (secondary N) is 1. The van der Waals surface area contributed by atoms with Gasteiger partial charge in [0.2, 0.25) is 0 Å². The molecule has 0 bridgehead atoms. The minimum Gasteiger partial charge on any atom is -0.494 e. The highest BCUT2D eigenvalue weighted by Crippen LogP contribution is 2.14. The number of rotatable bonds is 7. The van der Waals surface area contributed by atoms with Crippen molar-refractivity contribution >= 4 is 23.7 Å². The molecule has 2 aromatic carbocycles. The van der Waals surface area contributed by atoms with Crippen LogP contribution in [0.1, 0.15) is 36.2 Å². The maximum Gasteiger partial charge on any atom is 0.271 e. The van der Waals surface area contributed by atoms with E-state index in [4.69, 9.17) is 16.3 Å². The molecule has 2 aromatic rings. The second-order valence-electron chi connectivity index (χ2n) is 5.78. The number of carbonyl (C=O) groups is 1. The number of carbonyl (C=O) groups excluding carboxylic acids is 1. The average Bonchev–Trinajstić information content (AvgIpc) is 2.57. The van der Waals surface area contributed by atoms with Crippen LogP contribution in [0, 0.1) is 5.92 Å². The van der Waals surface area contributed by atoms with E-state index in [1.165, 1.54) is 6.21 Å². The summed E-state index contributed by atoms with van der Waals surface area (Å²) in [6.45, 7) is 4.98. The first kappa shape index (κ1) is 18.0. The second-order valence-corrected chi connectivity index (χ2v) is 6.18. The van der Waals surface area contributed by atoms with Gasteiger partial charge in [0.25, 0.3) is 5.91 Å². The highest BCUT2D eigenvalue weighted by atomic mass is 35.5. The van der Waals surface area contributed by atoms with Crippen molar-refractivity contribution in [3.63, 3.8) is 0 Å². The molecule has 0 heterocycles. The van der Waals surface area contributed by atoms with Crippen LogP contribution >= 0.6 is 11.6 Å². The Hall–Kier alpha value is -2.33. The van der Waals surface area contributed by atoms with Gasteiger partial charge in [-0.15, -0.1) is 0 Å². The van der Waals surface area contributed by atoms with Gasteiger partial charge in [0.05, 0.1) is 12.8 Å². The third kappa shape index (κ3) is 5.70. The smallest absolute Gasteiger partial charge is 0.271 e. The van der Waals surface area contributed by atoms with E-state index in [1.54, 1.807) is 30.3 Å².